The molecule has 3 heterocycles. The third-order valence-corrected chi connectivity index (χ3v) is 6.05. The van der Waals surface area contributed by atoms with Crippen molar-refractivity contribution in [3.05, 3.63) is 75.9 Å². The van der Waals surface area contributed by atoms with Crippen LogP contribution >= 0.6 is 11.3 Å². The minimum Gasteiger partial charge on any atom is -0.487 e. The first-order chi connectivity index (χ1) is 15.6. The van der Waals surface area contributed by atoms with E-state index in [0.29, 0.717) is 21.9 Å². The van der Waals surface area contributed by atoms with Crippen molar-refractivity contribution in [2.75, 3.05) is 0 Å². The number of carbonyl (C=O) groups is 2. The average molecular weight is 475 g/mol. The molecule has 1 aromatic carbocycles. The third-order valence-electron chi connectivity index (χ3n) is 4.91. The van der Waals surface area contributed by atoms with Crippen molar-refractivity contribution in [2.24, 2.45) is 5.73 Å². The highest BCUT2D eigenvalue weighted by atomic mass is 32.1. The lowest BCUT2D eigenvalue weighted by Gasteiger charge is -2.13. The monoisotopic (exact) mass is 475 g/mol. The Morgan fingerprint density at radius 2 is 1.94 bits per heavy atom. The Bertz CT molecular complexity index is 1390. The van der Waals surface area contributed by atoms with Crippen LogP contribution in [-0.2, 0) is 12.8 Å². The van der Waals surface area contributed by atoms with Crippen molar-refractivity contribution in [1.29, 1.82) is 0 Å². The summed E-state index contributed by atoms with van der Waals surface area (Å²) in [6.07, 6.45) is -3.01. The zero-order chi connectivity index (χ0) is 23.9. The molecular weight excluding hydrogens is 459 g/mol. The molecule has 33 heavy (non-hydrogen) atoms. The zero-order valence-electron chi connectivity index (χ0n) is 17.0. The number of nitrogens with two attached hydrogens (primary N) is 1. The van der Waals surface area contributed by atoms with E-state index in [9.17, 15) is 27.9 Å². The number of aromatic carboxylic acids is 1. The lowest BCUT2D eigenvalue weighted by atomic mass is 10.1. The molecule has 0 fully saturated rings. The van der Waals surface area contributed by atoms with Gasteiger partial charge in [-0.1, -0.05) is 18.2 Å². The maximum absolute atomic E-state index is 13.3. The second-order valence-corrected chi connectivity index (χ2v) is 8.16. The van der Waals surface area contributed by atoms with Crippen molar-refractivity contribution in [3.8, 4) is 16.3 Å². The number of hydrogen-bond donors (Lipinski definition) is 2. The fraction of sp³-hybridized carbons (Fsp3) is 0.136. The minimum absolute atomic E-state index is 0.0472. The van der Waals surface area contributed by atoms with E-state index in [1.54, 1.807) is 11.3 Å². The Hall–Kier alpha value is -3.86. The first kappa shape index (κ1) is 22.3. The van der Waals surface area contributed by atoms with Gasteiger partial charge in [0.2, 0.25) is 0 Å². The number of halogens is 3. The van der Waals surface area contributed by atoms with Crippen LogP contribution in [0.4, 0.5) is 13.2 Å². The molecule has 0 atom stereocenters. The summed E-state index contributed by atoms with van der Waals surface area (Å²) in [7, 11) is 0. The van der Waals surface area contributed by atoms with E-state index in [2.05, 4.69) is 4.98 Å². The van der Waals surface area contributed by atoms with Gasteiger partial charge in [0.25, 0.3) is 5.91 Å². The first-order valence-corrected chi connectivity index (χ1v) is 10.3. The second kappa shape index (κ2) is 8.24. The lowest BCUT2D eigenvalue weighted by Crippen LogP contribution is -2.13. The number of ether oxygens (including phenoxy) is 1. The van der Waals surface area contributed by atoms with Gasteiger partial charge < -0.3 is 15.6 Å². The molecule has 3 N–H and O–H groups in total. The summed E-state index contributed by atoms with van der Waals surface area (Å²) in [5.74, 6) is -1.83. The van der Waals surface area contributed by atoms with Crippen molar-refractivity contribution < 1.29 is 32.6 Å². The molecule has 7 nitrogen and oxygen atoms in total. The standard InChI is InChI=1S/C22H16F3N3O4S/c1-11-18(28-7-6-12(21(30)31)8-17(28)27-11)16-9-15(19(33-16)20(26)29)32-10-13-4-2-3-5-14(13)22(23,24)25/h2-9H,10H2,1H3,(H2,26,29)(H,30,31). The van der Waals surface area contributed by atoms with Crippen LogP contribution in [-0.4, -0.2) is 26.4 Å². The highest BCUT2D eigenvalue weighted by Crippen LogP contribution is 2.39. The number of alkyl halides is 3. The maximum Gasteiger partial charge on any atom is 0.416 e. The maximum atomic E-state index is 13.3. The SMILES string of the molecule is Cc1nc2cc(C(=O)O)ccn2c1-c1cc(OCc2ccccc2C(F)(F)F)c(C(N)=O)s1. The molecule has 0 spiro atoms. The van der Waals surface area contributed by atoms with E-state index in [-0.39, 0.29) is 21.8 Å². The van der Waals surface area contributed by atoms with E-state index in [0.717, 1.165) is 17.4 Å². The Balaban J connectivity index is 1.73. The van der Waals surface area contributed by atoms with E-state index >= 15 is 0 Å². The van der Waals surface area contributed by atoms with Crippen LogP contribution in [0.5, 0.6) is 5.75 Å². The first-order valence-electron chi connectivity index (χ1n) is 9.50. The fourth-order valence-corrected chi connectivity index (χ4v) is 4.49. The van der Waals surface area contributed by atoms with Crippen molar-refractivity contribution in [3.63, 3.8) is 0 Å². The molecule has 0 unspecified atom stereocenters. The Labute approximate surface area is 188 Å². The molecule has 0 saturated heterocycles. The number of aromatic nitrogens is 2. The average Bonchev–Trinajstić information content (AvgIpc) is 3.31. The number of amides is 1. The predicted octanol–water partition coefficient (Wildman–Crippen LogP) is 4.77. The predicted molar refractivity (Wildman–Crippen MR) is 114 cm³/mol. The smallest absolute Gasteiger partial charge is 0.416 e. The van der Waals surface area contributed by atoms with Crippen LogP contribution in [0.15, 0.2) is 48.7 Å². The highest BCUT2D eigenvalue weighted by Gasteiger charge is 2.33. The number of fused-ring (bicyclic) bond motifs is 1. The van der Waals surface area contributed by atoms with Gasteiger partial charge in [0.15, 0.2) is 0 Å². The summed E-state index contributed by atoms with van der Waals surface area (Å²) in [6, 6.07) is 9.35. The van der Waals surface area contributed by atoms with Gasteiger partial charge in [-0.25, -0.2) is 9.78 Å². The number of nitrogens with zero attached hydrogens (tertiary/aromatic N) is 2. The molecular formula is C22H16F3N3O4S. The quantitative estimate of drug-likeness (QED) is 0.418. The third kappa shape index (κ3) is 4.27. The van der Waals surface area contributed by atoms with E-state index in [1.807, 2.05) is 0 Å². The van der Waals surface area contributed by atoms with Crippen LogP contribution in [0, 0.1) is 6.92 Å². The van der Waals surface area contributed by atoms with Crippen LogP contribution < -0.4 is 10.5 Å². The molecule has 4 rings (SSSR count). The lowest BCUT2D eigenvalue weighted by molar-refractivity contribution is -0.138. The Kier molecular flexibility index (Phi) is 5.58. The van der Waals surface area contributed by atoms with Crippen LogP contribution in [0.3, 0.4) is 0 Å². The topological polar surface area (TPSA) is 107 Å². The number of benzene rings is 1. The molecule has 0 aliphatic rings. The summed E-state index contributed by atoms with van der Waals surface area (Å²) < 4.78 is 47.1. The molecule has 170 valence electrons. The summed E-state index contributed by atoms with van der Waals surface area (Å²) in [5, 5.41) is 9.19. The van der Waals surface area contributed by atoms with Gasteiger partial charge in [-0.2, -0.15) is 13.2 Å². The molecule has 0 saturated carbocycles. The molecule has 0 aliphatic carbocycles. The number of carboxylic acids is 1. The molecule has 0 aliphatic heterocycles. The number of aryl methyl sites for hydroxylation is 1. The van der Waals surface area contributed by atoms with E-state index in [1.165, 1.54) is 42.6 Å². The number of carboxylic acid groups (broad SMARTS) is 1. The van der Waals surface area contributed by atoms with Gasteiger partial charge in [0.1, 0.15) is 22.9 Å². The number of primary amides is 1. The number of pyridine rings is 1. The van der Waals surface area contributed by atoms with Crippen LogP contribution in [0.2, 0.25) is 0 Å². The van der Waals surface area contributed by atoms with Gasteiger partial charge in [-0.05, 0) is 25.1 Å². The summed E-state index contributed by atoms with van der Waals surface area (Å²) in [5.41, 5.74) is 6.16. The molecule has 0 radical (unpaired) electrons. The Morgan fingerprint density at radius 1 is 1.21 bits per heavy atom. The fourth-order valence-electron chi connectivity index (χ4n) is 3.44. The highest BCUT2D eigenvalue weighted by molar-refractivity contribution is 7.17. The summed E-state index contributed by atoms with van der Waals surface area (Å²) in [4.78, 5) is 28.2. The minimum atomic E-state index is -4.55. The van der Waals surface area contributed by atoms with Gasteiger partial charge in [-0.15, -0.1) is 11.3 Å². The van der Waals surface area contributed by atoms with Gasteiger partial charge >= 0.3 is 12.1 Å². The molecule has 3 aromatic heterocycles. The van der Waals surface area contributed by atoms with Crippen molar-refractivity contribution in [1.82, 2.24) is 9.38 Å². The zero-order valence-corrected chi connectivity index (χ0v) is 17.8. The van der Waals surface area contributed by atoms with Gasteiger partial charge in [0, 0.05) is 17.8 Å². The second-order valence-electron chi connectivity index (χ2n) is 7.11. The number of rotatable bonds is 6. The molecule has 1 amide bonds. The largest absolute Gasteiger partial charge is 0.487 e. The summed E-state index contributed by atoms with van der Waals surface area (Å²) in [6.45, 7) is 1.30. The van der Waals surface area contributed by atoms with Crippen molar-refractivity contribution in [2.45, 2.75) is 19.7 Å². The van der Waals surface area contributed by atoms with E-state index in [4.69, 9.17) is 10.5 Å². The Morgan fingerprint density at radius 3 is 2.61 bits per heavy atom. The summed E-state index contributed by atoms with van der Waals surface area (Å²) >= 11 is 1.01. The number of hydrogen-bond acceptors (Lipinski definition) is 5. The van der Waals surface area contributed by atoms with Gasteiger partial charge in [0.05, 0.1) is 27.4 Å². The van der Waals surface area contributed by atoms with Crippen LogP contribution in [0.1, 0.15) is 36.9 Å². The van der Waals surface area contributed by atoms with Crippen molar-refractivity contribution >= 4 is 28.9 Å². The number of carbonyl (C=O) groups excluding carboxylic acids is 1. The molecule has 0 bridgehead atoms. The number of thiophene rings is 1. The molecule has 4 aromatic rings. The molecule has 11 heteroatoms. The van der Waals surface area contributed by atoms with Gasteiger partial charge in [-0.3, -0.25) is 9.20 Å². The van der Waals surface area contributed by atoms with Crippen LogP contribution in [0.25, 0.3) is 16.2 Å². The normalized spacial score (nSPS) is 11.6. The number of imidazole rings is 1. The van der Waals surface area contributed by atoms with E-state index < -0.39 is 30.2 Å².